The van der Waals surface area contributed by atoms with Crippen LogP contribution in [-0.2, 0) is 4.79 Å². The van der Waals surface area contributed by atoms with E-state index in [0.29, 0.717) is 30.3 Å². The molecule has 0 fully saturated rings. The Labute approximate surface area is 143 Å². The Kier molecular flexibility index (Phi) is 7.55. The van der Waals surface area contributed by atoms with Crippen molar-refractivity contribution < 1.29 is 24.2 Å². The summed E-state index contributed by atoms with van der Waals surface area (Å²) in [5.41, 5.74) is -0.968. The van der Waals surface area contributed by atoms with Crippen LogP contribution in [0, 0.1) is 0 Å². The Balaban J connectivity index is 3.02. The standard InChI is InChI=1S/C18H27NO5/c1-5-10-23-14-9-8-13(12-15(14)24-11-6-2)16(20)19-18(4,7-3)17(21)22/h8-9,12H,5-7,10-11H2,1-4H3,(H,19,20)(H,21,22). The van der Waals surface area contributed by atoms with Crippen LogP contribution in [0.4, 0.5) is 0 Å². The van der Waals surface area contributed by atoms with Crippen LogP contribution < -0.4 is 14.8 Å². The molecule has 0 aromatic heterocycles. The molecule has 6 heteroatoms. The first-order valence-electron chi connectivity index (χ1n) is 8.33. The zero-order valence-electron chi connectivity index (χ0n) is 14.8. The van der Waals surface area contributed by atoms with E-state index < -0.39 is 17.4 Å². The number of nitrogens with one attached hydrogen (secondary N) is 1. The maximum absolute atomic E-state index is 12.4. The Morgan fingerprint density at radius 2 is 1.67 bits per heavy atom. The molecule has 0 heterocycles. The average molecular weight is 337 g/mol. The number of hydrogen-bond acceptors (Lipinski definition) is 4. The lowest BCUT2D eigenvalue weighted by Crippen LogP contribution is -2.51. The number of ether oxygens (including phenoxy) is 2. The summed E-state index contributed by atoms with van der Waals surface area (Å²) in [6.45, 7) is 8.26. The molecule has 0 saturated heterocycles. The molecule has 1 rings (SSSR count). The van der Waals surface area contributed by atoms with Gasteiger partial charge < -0.3 is 19.9 Å². The summed E-state index contributed by atoms with van der Waals surface area (Å²) in [4.78, 5) is 23.7. The molecule has 0 spiro atoms. The molecule has 1 unspecified atom stereocenters. The molecule has 0 aliphatic carbocycles. The van der Waals surface area contributed by atoms with Crippen molar-refractivity contribution in [2.24, 2.45) is 0 Å². The molecule has 0 radical (unpaired) electrons. The van der Waals surface area contributed by atoms with E-state index in [2.05, 4.69) is 5.32 Å². The van der Waals surface area contributed by atoms with E-state index in [1.54, 1.807) is 25.1 Å². The van der Waals surface area contributed by atoms with Crippen LogP contribution in [0.2, 0.25) is 0 Å². The maximum atomic E-state index is 12.4. The molecule has 1 aromatic rings. The lowest BCUT2D eigenvalue weighted by Gasteiger charge is -2.24. The molecule has 2 N–H and O–H groups in total. The fourth-order valence-corrected chi connectivity index (χ4v) is 1.92. The minimum Gasteiger partial charge on any atom is -0.490 e. The molecule has 134 valence electrons. The van der Waals surface area contributed by atoms with Crippen molar-refractivity contribution in [2.45, 2.75) is 52.5 Å². The molecule has 1 atom stereocenters. The number of carbonyl (C=O) groups excluding carboxylic acids is 1. The highest BCUT2D eigenvalue weighted by Crippen LogP contribution is 2.29. The van der Waals surface area contributed by atoms with Crippen molar-refractivity contribution in [3.05, 3.63) is 23.8 Å². The van der Waals surface area contributed by atoms with Gasteiger partial charge in [-0.15, -0.1) is 0 Å². The van der Waals surface area contributed by atoms with Gasteiger partial charge in [-0.05, 0) is 44.4 Å². The first-order chi connectivity index (χ1) is 11.4. The summed E-state index contributed by atoms with van der Waals surface area (Å²) < 4.78 is 11.3. The van der Waals surface area contributed by atoms with Crippen molar-refractivity contribution >= 4 is 11.9 Å². The van der Waals surface area contributed by atoms with Gasteiger partial charge in [0.15, 0.2) is 11.5 Å². The van der Waals surface area contributed by atoms with Crippen molar-refractivity contribution in [3.8, 4) is 11.5 Å². The van der Waals surface area contributed by atoms with Gasteiger partial charge >= 0.3 is 5.97 Å². The second-order valence-electron chi connectivity index (χ2n) is 5.80. The SMILES string of the molecule is CCCOc1ccc(C(=O)NC(C)(CC)C(=O)O)cc1OCCC. The summed E-state index contributed by atoms with van der Waals surface area (Å²) in [6, 6.07) is 4.88. The Morgan fingerprint density at radius 1 is 1.08 bits per heavy atom. The highest BCUT2D eigenvalue weighted by Gasteiger charge is 2.33. The van der Waals surface area contributed by atoms with Gasteiger partial charge in [-0.1, -0.05) is 20.8 Å². The number of carboxylic acids is 1. The minimum absolute atomic E-state index is 0.283. The smallest absolute Gasteiger partial charge is 0.329 e. The van der Waals surface area contributed by atoms with Crippen molar-refractivity contribution in [2.75, 3.05) is 13.2 Å². The molecule has 0 aliphatic rings. The zero-order chi connectivity index (χ0) is 18.2. The molecular formula is C18H27NO5. The fourth-order valence-electron chi connectivity index (χ4n) is 1.92. The molecule has 0 aliphatic heterocycles. The van der Waals surface area contributed by atoms with Gasteiger partial charge in [-0.25, -0.2) is 4.79 Å². The quantitative estimate of drug-likeness (QED) is 0.684. The number of benzene rings is 1. The molecule has 24 heavy (non-hydrogen) atoms. The van der Waals surface area contributed by atoms with E-state index in [4.69, 9.17) is 9.47 Å². The Bertz CT molecular complexity index is 573. The maximum Gasteiger partial charge on any atom is 0.329 e. The summed E-state index contributed by atoms with van der Waals surface area (Å²) >= 11 is 0. The Hall–Kier alpha value is -2.24. The lowest BCUT2D eigenvalue weighted by molar-refractivity contribution is -0.143. The number of aliphatic carboxylic acids is 1. The van der Waals surface area contributed by atoms with E-state index >= 15 is 0 Å². The first-order valence-corrected chi connectivity index (χ1v) is 8.33. The van der Waals surface area contributed by atoms with E-state index in [0.717, 1.165) is 12.8 Å². The average Bonchev–Trinajstić information content (AvgIpc) is 2.57. The van der Waals surface area contributed by atoms with Crippen LogP contribution in [0.5, 0.6) is 11.5 Å². The molecule has 1 amide bonds. The van der Waals surface area contributed by atoms with Crippen LogP contribution in [-0.4, -0.2) is 35.7 Å². The predicted octanol–water partition coefficient (Wildman–Crippen LogP) is 3.25. The van der Waals surface area contributed by atoms with Crippen molar-refractivity contribution in [1.29, 1.82) is 0 Å². The summed E-state index contributed by atoms with van der Waals surface area (Å²) in [7, 11) is 0. The van der Waals surface area contributed by atoms with Gasteiger partial charge in [0, 0.05) is 5.56 Å². The normalized spacial score (nSPS) is 13.0. The lowest BCUT2D eigenvalue weighted by atomic mass is 9.98. The number of amides is 1. The summed E-state index contributed by atoms with van der Waals surface area (Å²) in [5, 5.41) is 11.9. The van der Waals surface area contributed by atoms with Gasteiger partial charge in [-0.2, -0.15) is 0 Å². The van der Waals surface area contributed by atoms with E-state index in [1.165, 1.54) is 6.92 Å². The van der Waals surface area contributed by atoms with E-state index in [-0.39, 0.29) is 6.42 Å². The Morgan fingerprint density at radius 3 is 2.17 bits per heavy atom. The van der Waals surface area contributed by atoms with E-state index in [1.807, 2.05) is 13.8 Å². The molecule has 1 aromatic carbocycles. The van der Waals surface area contributed by atoms with Crippen molar-refractivity contribution in [3.63, 3.8) is 0 Å². The summed E-state index contributed by atoms with van der Waals surface area (Å²) in [5.74, 6) is -0.446. The van der Waals surface area contributed by atoms with Crippen LogP contribution in [0.25, 0.3) is 0 Å². The molecular weight excluding hydrogens is 310 g/mol. The monoisotopic (exact) mass is 337 g/mol. The molecule has 6 nitrogen and oxygen atoms in total. The third-order valence-electron chi connectivity index (χ3n) is 3.70. The highest BCUT2D eigenvalue weighted by molar-refractivity contribution is 5.98. The largest absolute Gasteiger partial charge is 0.490 e. The minimum atomic E-state index is -1.31. The second-order valence-corrected chi connectivity index (χ2v) is 5.80. The van der Waals surface area contributed by atoms with E-state index in [9.17, 15) is 14.7 Å². The molecule has 0 saturated carbocycles. The van der Waals surface area contributed by atoms with Gasteiger partial charge in [0.05, 0.1) is 13.2 Å². The van der Waals surface area contributed by atoms with Crippen molar-refractivity contribution in [1.82, 2.24) is 5.32 Å². The van der Waals surface area contributed by atoms with Crippen LogP contribution >= 0.6 is 0 Å². The van der Waals surface area contributed by atoms with Crippen LogP contribution in [0.3, 0.4) is 0 Å². The van der Waals surface area contributed by atoms with Crippen LogP contribution in [0.1, 0.15) is 57.3 Å². The first kappa shape index (κ1) is 19.8. The summed E-state index contributed by atoms with van der Waals surface area (Å²) in [6.07, 6.45) is 1.98. The van der Waals surface area contributed by atoms with Gasteiger partial charge in [0.25, 0.3) is 5.91 Å². The number of carboxylic acid groups (broad SMARTS) is 1. The number of carbonyl (C=O) groups is 2. The third-order valence-corrected chi connectivity index (χ3v) is 3.70. The second kappa shape index (κ2) is 9.15. The van der Waals surface area contributed by atoms with Gasteiger partial charge in [-0.3, -0.25) is 4.79 Å². The van der Waals surface area contributed by atoms with Crippen LogP contribution in [0.15, 0.2) is 18.2 Å². The van der Waals surface area contributed by atoms with Gasteiger partial charge in [0.1, 0.15) is 5.54 Å². The van der Waals surface area contributed by atoms with Gasteiger partial charge in [0.2, 0.25) is 0 Å². The third kappa shape index (κ3) is 5.15. The topological polar surface area (TPSA) is 84.9 Å². The molecule has 0 bridgehead atoms. The predicted molar refractivity (Wildman–Crippen MR) is 91.8 cm³/mol. The fraction of sp³-hybridized carbons (Fsp3) is 0.556. The highest BCUT2D eigenvalue weighted by atomic mass is 16.5. The number of hydrogen-bond donors (Lipinski definition) is 2. The number of rotatable bonds is 10. The zero-order valence-corrected chi connectivity index (χ0v) is 14.8.